The minimum atomic E-state index is 0.295. The summed E-state index contributed by atoms with van der Waals surface area (Å²) in [6.07, 6.45) is 4.71. The fourth-order valence-corrected chi connectivity index (χ4v) is 2.26. The third kappa shape index (κ3) is 2.49. The Labute approximate surface area is 99.6 Å². The van der Waals surface area contributed by atoms with Gasteiger partial charge in [0.1, 0.15) is 11.6 Å². The van der Waals surface area contributed by atoms with E-state index >= 15 is 0 Å². The maximum atomic E-state index is 5.62. The van der Waals surface area contributed by atoms with Crippen molar-refractivity contribution in [1.29, 1.82) is 0 Å². The highest BCUT2D eigenvalue weighted by atomic mass is 32.2. The third-order valence-electron chi connectivity index (χ3n) is 2.83. The van der Waals surface area contributed by atoms with Crippen molar-refractivity contribution in [2.24, 2.45) is 0 Å². The highest BCUT2D eigenvalue weighted by Gasteiger charge is 2.41. The van der Waals surface area contributed by atoms with Gasteiger partial charge in [0.2, 0.25) is 5.95 Å². The smallest absolute Gasteiger partial charge is 0.223 e. The number of thioether (sulfide) groups is 1. The van der Waals surface area contributed by atoms with E-state index in [-0.39, 0.29) is 0 Å². The second-order valence-corrected chi connectivity index (χ2v) is 5.26. The molecule has 0 radical (unpaired) electrons. The zero-order chi connectivity index (χ0) is 11.6. The fraction of sp³-hybridized carbons (Fsp3) is 0.600. The predicted octanol–water partition coefficient (Wildman–Crippen LogP) is 1.41. The lowest BCUT2D eigenvalue weighted by atomic mass is 10.4. The van der Waals surface area contributed by atoms with Crippen molar-refractivity contribution in [3.8, 4) is 0 Å². The summed E-state index contributed by atoms with van der Waals surface area (Å²) >= 11 is 1.92. The molecule has 88 valence electrons. The van der Waals surface area contributed by atoms with E-state index in [1.807, 2.05) is 24.9 Å². The molecule has 5 nitrogen and oxygen atoms in total. The van der Waals surface area contributed by atoms with Crippen LogP contribution < -0.4 is 16.4 Å². The van der Waals surface area contributed by atoms with Gasteiger partial charge < -0.3 is 16.4 Å². The molecule has 1 heterocycles. The van der Waals surface area contributed by atoms with Gasteiger partial charge in [-0.1, -0.05) is 0 Å². The van der Waals surface area contributed by atoms with Gasteiger partial charge in [-0.15, -0.1) is 0 Å². The minimum absolute atomic E-state index is 0.295. The Balaban J connectivity index is 2.01. The largest absolute Gasteiger partial charge is 0.373 e. The Morgan fingerprint density at radius 2 is 2.12 bits per heavy atom. The van der Waals surface area contributed by atoms with Crippen LogP contribution in [0.25, 0.3) is 0 Å². The monoisotopic (exact) mass is 239 g/mol. The summed E-state index contributed by atoms with van der Waals surface area (Å²) in [6.45, 7) is 0.938. The van der Waals surface area contributed by atoms with E-state index in [9.17, 15) is 0 Å². The number of nitrogen functional groups attached to an aromatic ring is 1. The van der Waals surface area contributed by atoms with Crippen molar-refractivity contribution in [3.05, 3.63) is 6.07 Å². The van der Waals surface area contributed by atoms with Gasteiger partial charge in [-0.3, -0.25) is 0 Å². The molecular weight excluding hydrogens is 222 g/mol. The molecular formula is C10H17N5S. The van der Waals surface area contributed by atoms with Crippen LogP contribution in [0, 0.1) is 0 Å². The fourth-order valence-electron chi connectivity index (χ4n) is 1.53. The molecule has 1 saturated carbocycles. The average molecular weight is 239 g/mol. The maximum absolute atomic E-state index is 5.62. The van der Waals surface area contributed by atoms with Gasteiger partial charge in [-0.05, 0) is 19.1 Å². The normalized spacial score (nSPS) is 16.9. The van der Waals surface area contributed by atoms with Crippen LogP contribution in [-0.2, 0) is 0 Å². The number of hydrogen-bond donors (Lipinski definition) is 3. The number of nitrogens with one attached hydrogen (secondary N) is 2. The Kier molecular flexibility index (Phi) is 3.09. The molecule has 6 heteroatoms. The molecule has 1 aliphatic rings. The van der Waals surface area contributed by atoms with Crippen LogP contribution >= 0.6 is 11.8 Å². The average Bonchev–Trinajstić information content (AvgIpc) is 3.06. The molecule has 0 spiro atoms. The summed E-state index contributed by atoms with van der Waals surface area (Å²) in [6, 6.07) is 1.87. The molecule has 0 atom stereocenters. The molecule has 1 aromatic rings. The summed E-state index contributed by atoms with van der Waals surface area (Å²) in [5.41, 5.74) is 5.62. The van der Waals surface area contributed by atoms with Crippen LogP contribution in [0.4, 0.5) is 17.6 Å². The maximum Gasteiger partial charge on any atom is 0.223 e. The van der Waals surface area contributed by atoms with Crippen LogP contribution in [0.15, 0.2) is 6.07 Å². The molecule has 1 aromatic heterocycles. The van der Waals surface area contributed by atoms with Crippen LogP contribution in [0.1, 0.15) is 12.8 Å². The number of nitrogens with zero attached hydrogens (tertiary/aromatic N) is 2. The molecule has 0 unspecified atom stereocenters. The molecule has 0 aromatic carbocycles. The van der Waals surface area contributed by atoms with E-state index in [2.05, 4.69) is 26.9 Å². The number of hydrogen-bond acceptors (Lipinski definition) is 6. The van der Waals surface area contributed by atoms with Gasteiger partial charge >= 0.3 is 0 Å². The van der Waals surface area contributed by atoms with Crippen molar-refractivity contribution >= 4 is 29.3 Å². The third-order valence-corrected chi connectivity index (χ3v) is 4.25. The van der Waals surface area contributed by atoms with Crippen LogP contribution in [-0.4, -0.2) is 34.6 Å². The lowest BCUT2D eigenvalue weighted by molar-refractivity contribution is 0.938. The van der Waals surface area contributed by atoms with Gasteiger partial charge in [0.15, 0.2) is 0 Å². The van der Waals surface area contributed by atoms with Gasteiger partial charge in [-0.25, -0.2) is 0 Å². The van der Waals surface area contributed by atoms with Crippen molar-refractivity contribution < 1.29 is 0 Å². The van der Waals surface area contributed by atoms with E-state index in [1.54, 1.807) is 0 Å². The Bertz CT molecular complexity index is 377. The first kappa shape index (κ1) is 11.3. The van der Waals surface area contributed by atoms with Crippen molar-refractivity contribution in [3.63, 3.8) is 0 Å². The van der Waals surface area contributed by atoms with E-state index in [1.165, 1.54) is 12.8 Å². The summed E-state index contributed by atoms with van der Waals surface area (Å²) in [4.78, 5) is 8.20. The quantitative estimate of drug-likeness (QED) is 0.721. The van der Waals surface area contributed by atoms with E-state index in [4.69, 9.17) is 5.73 Å². The number of aromatic nitrogens is 2. The van der Waals surface area contributed by atoms with Gasteiger partial charge in [0.25, 0.3) is 0 Å². The molecule has 1 fully saturated rings. The molecule has 0 saturated heterocycles. The van der Waals surface area contributed by atoms with Crippen molar-refractivity contribution in [2.75, 3.05) is 36.2 Å². The predicted molar refractivity (Wildman–Crippen MR) is 70.0 cm³/mol. The Hall–Kier alpha value is -1.17. The van der Waals surface area contributed by atoms with Gasteiger partial charge in [-0.2, -0.15) is 21.7 Å². The topological polar surface area (TPSA) is 75.9 Å². The Morgan fingerprint density at radius 3 is 2.69 bits per heavy atom. The molecule has 2 rings (SSSR count). The van der Waals surface area contributed by atoms with Gasteiger partial charge in [0.05, 0.1) is 0 Å². The highest BCUT2D eigenvalue weighted by Crippen LogP contribution is 2.46. The second kappa shape index (κ2) is 4.37. The lowest BCUT2D eigenvalue weighted by Crippen LogP contribution is -2.18. The van der Waals surface area contributed by atoms with Crippen LogP contribution in [0.5, 0.6) is 0 Å². The minimum Gasteiger partial charge on any atom is -0.373 e. The first-order valence-electron chi connectivity index (χ1n) is 5.29. The SMILES string of the molecule is CNc1cc(NCC2(SC)CC2)nc(N)n1. The summed E-state index contributed by atoms with van der Waals surface area (Å²) < 4.78 is 0.416. The first-order valence-corrected chi connectivity index (χ1v) is 6.51. The van der Waals surface area contributed by atoms with E-state index in [0.717, 1.165) is 18.2 Å². The summed E-state index contributed by atoms with van der Waals surface area (Å²) in [5, 5.41) is 6.28. The molecule has 1 aliphatic carbocycles. The summed E-state index contributed by atoms with van der Waals surface area (Å²) in [5.74, 6) is 1.82. The first-order chi connectivity index (χ1) is 7.67. The molecule has 0 bridgehead atoms. The molecule has 0 amide bonds. The van der Waals surface area contributed by atoms with E-state index < -0.39 is 0 Å². The van der Waals surface area contributed by atoms with Gasteiger partial charge in [0, 0.05) is 24.4 Å². The molecule has 4 N–H and O–H groups in total. The number of rotatable bonds is 5. The molecule has 16 heavy (non-hydrogen) atoms. The van der Waals surface area contributed by atoms with Crippen molar-refractivity contribution in [1.82, 2.24) is 9.97 Å². The molecule has 0 aliphatic heterocycles. The second-order valence-electron chi connectivity index (χ2n) is 3.99. The highest BCUT2D eigenvalue weighted by molar-refractivity contribution is 8.00. The van der Waals surface area contributed by atoms with Crippen molar-refractivity contribution in [2.45, 2.75) is 17.6 Å². The van der Waals surface area contributed by atoms with Crippen LogP contribution in [0.2, 0.25) is 0 Å². The van der Waals surface area contributed by atoms with Crippen LogP contribution in [0.3, 0.4) is 0 Å². The summed E-state index contributed by atoms with van der Waals surface area (Å²) in [7, 11) is 1.82. The Morgan fingerprint density at radius 1 is 1.44 bits per heavy atom. The standard InChI is InChI=1S/C10H17N5S/c1-12-7-5-8(15-9(11)14-7)13-6-10(16-2)3-4-10/h5H,3-4,6H2,1-2H3,(H4,11,12,13,14,15). The number of nitrogens with two attached hydrogens (primary N) is 1. The zero-order valence-electron chi connectivity index (χ0n) is 9.58. The van der Waals surface area contributed by atoms with E-state index in [0.29, 0.717) is 10.7 Å². The zero-order valence-corrected chi connectivity index (χ0v) is 10.4. The lowest BCUT2D eigenvalue weighted by Gasteiger charge is -2.14. The number of anilines is 3.